The number of thiocarbonyl (C=S) groups is 1. The van der Waals surface area contributed by atoms with Gasteiger partial charge in [-0.05, 0) is 73.0 Å². The van der Waals surface area contributed by atoms with Crippen LogP contribution in [0, 0.1) is 16.0 Å². The number of likely N-dealkylation sites (tertiary alicyclic amines) is 1. The summed E-state index contributed by atoms with van der Waals surface area (Å²) >= 11 is 5.38. The van der Waals surface area contributed by atoms with E-state index in [0.29, 0.717) is 35.1 Å². The summed E-state index contributed by atoms with van der Waals surface area (Å²) in [7, 11) is 1.85. The molecular weight excluding hydrogens is 526 g/mol. The van der Waals surface area contributed by atoms with Crippen molar-refractivity contribution < 1.29 is 14.5 Å². The quantitative estimate of drug-likeness (QED) is 0.183. The molecule has 2 aliphatic rings. The molecule has 1 aliphatic carbocycles. The molecular formula is C30H39N5O4S. The number of nitrogens with one attached hydrogen (secondary N) is 2. The van der Waals surface area contributed by atoms with Crippen LogP contribution < -0.4 is 10.6 Å². The number of nitrogens with zero attached hydrogens (tertiary/aromatic N) is 3. The molecule has 1 heterocycles. The normalized spacial score (nSPS) is 21.4. The highest BCUT2D eigenvalue weighted by Crippen LogP contribution is 2.40. The van der Waals surface area contributed by atoms with Crippen molar-refractivity contribution >= 4 is 29.1 Å². The van der Waals surface area contributed by atoms with Crippen LogP contribution in [0.3, 0.4) is 0 Å². The Morgan fingerprint density at radius 2 is 1.88 bits per heavy atom. The first kappa shape index (κ1) is 29.5. The average Bonchev–Trinajstić information content (AvgIpc) is 3.37. The molecule has 2 fully saturated rings. The largest absolute Gasteiger partial charge is 0.445 e. The second-order valence-corrected chi connectivity index (χ2v) is 11.0. The molecule has 2 aromatic rings. The molecule has 1 aliphatic heterocycles. The van der Waals surface area contributed by atoms with Gasteiger partial charge in [0.05, 0.1) is 4.92 Å². The Hall–Kier alpha value is -3.50. The van der Waals surface area contributed by atoms with Crippen molar-refractivity contribution in [2.75, 3.05) is 33.2 Å². The summed E-state index contributed by atoms with van der Waals surface area (Å²) in [5.41, 5.74) is 2.10. The van der Waals surface area contributed by atoms with Crippen LogP contribution in [0.1, 0.15) is 42.7 Å². The lowest BCUT2D eigenvalue weighted by atomic mass is 9.88. The van der Waals surface area contributed by atoms with E-state index in [1.54, 1.807) is 23.1 Å². The number of rotatable bonds is 10. The van der Waals surface area contributed by atoms with E-state index in [2.05, 4.69) is 52.4 Å². The Morgan fingerprint density at radius 1 is 1.18 bits per heavy atom. The molecule has 2 N–H and O–H groups in total. The van der Waals surface area contributed by atoms with Gasteiger partial charge in [0.15, 0.2) is 5.11 Å². The highest BCUT2D eigenvalue weighted by atomic mass is 32.1. The van der Waals surface area contributed by atoms with Crippen LogP contribution >= 0.6 is 12.2 Å². The Morgan fingerprint density at radius 3 is 2.50 bits per heavy atom. The van der Waals surface area contributed by atoms with E-state index in [0.717, 1.165) is 45.3 Å². The lowest BCUT2D eigenvalue weighted by Gasteiger charge is -2.39. The molecule has 40 heavy (non-hydrogen) atoms. The molecule has 2 aromatic carbocycles. The maximum Gasteiger partial charge on any atom is 0.410 e. The van der Waals surface area contributed by atoms with Crippen molar-refractivity contribution in [3.63, 3.8) is 0 Å². The Labute approximate surface area is 241 Å². The first-order valence-electron chi connectivity index (χ1n) is 13.9. The highest BCUT2D eigenvalue weighted by Gasteiger charge is 2.37. The van der Waals surface area contributed by atoms with Gasteiger partial charge >= 0.3 is 6.09 Å². The van der Waals surface area contributed by atoms with Crippen LogP contribution in [-0.4, -0.2) is 71.2 Å². The number of amides is 1. The maximum absolute atomic E-state index is 13.0. The lowest BCUT2D eigenvalue weighted by Crippen LogP contribution is -2.48. The molecule has 0 aromatic heterocycles. The van der Waals surface area contributed by atoms with Gasteiger partial charge in [0, 0.05) is 57.4 Å². The Balaban J connectivity index is 1.32. The molecule has 9 nitrogen and oxygen atoms in total. The third-order valence-corrected chi connectivity index (χ3v) is 8.37. The monoisotopic (exact) mass is 565 g/mol. The van der Waals surface area contributed by atoms with Crippen LogP contribution in [0.15, 0.2) is 67.3 Å². The molecule has 4 rings (SSSR count). The van der Waals surface area contributed by atoms with Crippen molar-refractivity contribution in [2.24, 2.45) is 5.92 Å². The van der Waals surface area contributed by atoms with E-state index in [4.69, 9.17) is 17.0 Å². The van der Waals surface area contributed by atoms with Gasteiger partial charge in [-0.1, -0.05) is 36.4 Å². The smallest absolute Gasteiger partial charge is 0.410 e. The molecule has 3 atom stereocenters. The number of piperidine rings is 1. The summed E-state index contributed by atoms with van der Waals surface area (Å²) in [5, 5.41) is 18.1. The SMILES string of the molecule is C=CCN(C(=O)OCc1ccc([N+](=O)[O-])cc1)C1CCN(C[C@H]2C[C@H](NC(=S)NC)C[C@@H]2c2ccccc2)CC1. The van der Waals surface area contributed by atoms with E-state index < -0.39 is 4.92 Å². The van der Waals surface area contributed by atoms with Gasteiger partial charge in [-0.15, -0.1) is 6.58 Å². The van der Waals surface area contributed by atoms with Crippen molar-refractivity contribution in [1.82, 2.24) is 20.4 Å². The number of ether oxygens (including phenoxy) is 1. The molecule has 0 radical (unpaired) electrons. The van der Waals surface area contributed by atoms with Crippen LogP contribution in [0.2, 0.25) is 0 Å². The van der Waals surface area contributed by atoms with Crippen molar-refractivity contribution in [3.05, 3.63) is 88.5 Å². The molecule has 1 saturated carbocycles. The summed E-state index contributed by atoms with van der Waals surface area (Å²) in [6.07, 6.45) is 5.21. The minimum atomic E-state index is -0.447. The van der Waals surface area contributed by atoms with E-state index in [1.807, 2.05) is 7.05 Å². The fourth-order valence-electron chi connectivity index (χ4n) is 6.01. The number of nitro groups is 1. The predicted octanol–water partition coefficient (Wildman–Crippen LogP) is 4.84. The van der Waals surface area contributed by atoms with Crippen LogP contribution in [0.25, 0.3) is 0 Å². The second kappa shape index (κ2) is 14.2. The van der Waals surface area contributed by atoms with E-state index in [9.17, 15) is 14.9 Å². The van der Waals surface area contributed by atoms with Gasteiger partial charge in [0.25, 0.3) is 5.69 Å². The van der Waals surface area contributed by atoms with Gasteiger partial charge in [-0.3, -0.25) is 10.1 Å². The molecule has 1 amide bonds. The molecule has 0 bridgehead atoms. The van der Waals surface area contributed by atoms with Crippen molar-refractivity contribution in [3.8, 4) is 0 Å². The number of carbonyl (C=O) groups is 1. The number of benzene rings is 2. The third kappa shape index (κ3) is 7.79. The number of hydrogen-bond donors (Lipinski definition) is 2. The lowest BCUT2D eigenvalue weighted by molar-refractivity contribution is -0.384. The number of nitro benzene ring substituents is 1. The van der Waals surface area contributed by atoms with Crippen molar-refractivity contribution in [1.29, 1.82) is 0 Å². The molecule has 0 unspecified atom stereocenters. The topological polar surface area (TPSA) is 100.0 Å². The first-order valence-corrected chi connectivity index (χ1v) is 14.3. The number of non-ortho nitro benzene ring substituents is 1. The summed E-state index contributed by atoms with van der Waals surface area (Å²) in [4.78, 5) is 27.7. The summed E-state index contributed by atoms with van der Waals surface area (Å²) in [5.74, 6) is 0.995. The number of carbonyl (C=O) groups excluding carboxylic acids is 1. The van der Waals surface area contributed by atoms with Crippen molar-refractivity contribution in [2.45, 2.75) is 50.3 Å². The Kier molecular flexibility index (Phi) is 10.5. The molecule has 0 spiro atoms. The maximum atomic E-state index is 13.0. The van der Waals surface area contributed by atoms with Gasteiger partial charge in [-0.2, -0.15) is 0 Å². The fraction of sp³-hybridized carbons (Fsp3) is 0.467. The predicted molar refractivity (Wildman–Crippen MR) is 160 cm³/mol. The average molecular weight is 566 g/mol. The number of hydrogen-bond acceptors (Lipinski definition) is 6. The van der Waals surface area contributed by atoms with Crippen LogP contribution in [-0.2, 0) is 11.3 Å². The van der Waals surface area contributed by atoms with Gasteiger partial charge in [0.2, 0.25) is 0 Å². The summed E-state index contributed by atoms with van der Waals surface area (Å²) < 4.78 is 5.58. The Bertz CT molecular complexity index is 1150. The molecule has 1 saturated heterocycles. The zero-order valence-corrected chi connectivity index (χ0v) is 23.9. The fourth-order valence-corrected chi connectivity index (χ4v) is 6.18. The molecule has 214 valence electrons. The zero-order chi connectivity index (χ0) is 28.5. The van der Waals surface area contributed by atoms with Gasteiger partial charge in [-0.25, -0.2) is 4.79 Å². The zero-order valence-electron chi connectivity index (χ0n) is 23.0. The van der Waals surface area contributed by atoms with Crippen LogP contribution in [0.5, 0.6) is 0 Å². The van der Waals surface area contributed by atoms with Gasteiger partial charge in [0.1, 0.15) is 6.61 Å². The van der Waals surface area contributed by atoms with E-state index in [-0.39, 0.29) is 24.4 Å². The third-order valence-electron chi connectivity index (χ3n) is 8.05. The summed E-state index contributed by atoms with van der Waals surface area (Å²) in [6.45, 7) is 7.17. The minimum Gasteiger partial charge on any atom is -0.445 e. The van der Waals surface area contributed by atoms with E-state index >= 15 is 0 Å². The molecule has 10 heteroatoms. The highest BCUT2D eigenvalue weighted by molar-refractivity contribution is 7.80. The van der Waals surface area contributed by atoms with E-state index in [1.165, 1.54) is 17.7 Å². The van der Waals surface area contributed by atoms with Crippen LogP contribution in [0.4, 0.5) is 10.5 Å². The standard InChI is InChI=1S/C30H39N5O4S/c1-3-15-34(30(36)39-21-22-9-11-27(12-10-22)35(37)38)26-13-16-33(17-14-26)20-24-18-25(32-29(40)31-2)19-28(24)23-7-5-4-6-8-23/h3-12,24-26,28H,1,13-21H2,2H3,(H2,31,32,40)/t24-,25+,28-/m1/s1. The minimum absolute atomic E-state index is 0.0102. The first-order chi connectivity index (χ1) is 19.4. The summed E-state index contributed by atoms with van der Waals surface area (Å²) in [6, 6.07) is 17.3. The van der Waals surface area contributed by atoms with Gasteiger partial charge < -0.3 is 25.2 Å². The second-order valence-electron chi connectivity index (χ2n) is 10.6.